The molecule has 1 aromatic rings. The second-order valence-electron chi connectivity index (χ2n) is 5.40. The Morgan fingerprint density at radius 1 is 1.29 bits per heavy atom. The number of nitrogens with zero attached hydrogens (tertiary/aromatic N) is 2. The Morgan fingerprint density at radius 2 is 2.05 bits per heavy atom. The molecule has 0 aliphatic carbocycles. The summed E-state index contributed by atoms with van der Waals surface area (Å²) in [7, 11) is -3.38. The van der Waals surface area contributed by atoms with Crippen molar-refractivity contribution in [1.29, 1.82) is 0 Å². The molecule has 0 spiro atoms. The van der Waals surface area contributed by atoms with Crippen molar-refractivity contribution in [1.82, 2.24) is 9.21 Å². The van der Waals surface area contributed by atoms with Gasteiger partial charge in [0.2, 0.25) is 0 Å². The number of rotatable bonds is 4. The monoisotopic (exact) mass is 350 g/mol. The average molecular weight is 351 g/mol. The van der Waals surface area contributed by atoms with Crippen molar-refractivity contribution in [3.05, 3.63) is 16.5 Å². The van der Waals surface area contributed by atoms with Crippen LogP contribution in [0, 0.1) is 0 Å². The highest BCUT2D eigenvalue weighted by Gasteiger charge is 2.30. The molecule has 0 aromatic carbocycles. The van der Waals surface area contributed by atoms with Crippen LogP contribution in [-0.2, 0) is 14.8 Å². The maximum Gasteiger partial charge on any atom is 0.252 e. The lowest BCUT2D eigenvalue weighted by Crippen LogP contribution is -2.50. The van der Waals surface area contributed by atoms with Crippen LogP contribution >= 0.6 is 22.9 Å². The number of hydrogen-bond acceptors (Lipinski definition) is 5. The van der Waals surface area contributed by atoms with Crippen LogP contribution in [0.2, 0.25) is 4.34 Å². The Kier molecular flexibility index (Phi) is 4.87. The Balaban J connectivity index is 1.57. The van der Waals surface area contributed by atoms with E-state index in [1.54, 1.807) is 16.4 Å². The lowest BCUT2D eigenvalue weighted by atomic mass is 10.2. The highest BCUT2D eigenvalue weighted by molar-refractivity contribution is 7.91. The maximum atomic E-state index is 12.5. The molecule has 0 amide bonds. The summed E-state index contributed by atoms with van der Waals surface area (Å²) >= 11 is 6.95. The van der Waals surface area contributed by atoms with E-state index >= 15 is 0 Å². The fraction of sp³-hybridized carbons (Fsp3) is 0.692. The van der Waals surface area contributed by atoms with Crippen molar-refractivity contribution in [3.8, 4) is 0 Å². The molecular weight excluding hydrogens is 332 g/mol. The van der Waals surface area contributed by atoms with Gasteiger partial charge in [0.15, 0.2) is 0 Å². The van der Waals surface area contributed by atoms with Gasteiger partial charge in [0.1, 0.15) is 4.21 Å². The summed E-state index contributed by atoms with van der Waals surface area (Å²) < 4.78 is 33.0. The van der Waals surface area contributed by atoms with E-state index in [1.807, 2.05) is 0 Å². The zero-order chi connectivity index (χ0) is 14.9. The molecule has 0 radical (unpaired) electrons. The second-order valence-corrected chi connectivity index (χ2v) is 9.28. The van der Waals surface area contributed by atoms with Crippen LogP contribution in [0.3, 0.4) is 0 Å². The van der Waals surface area contributed by atoms with E-state index in [4.69, 9.17) is 16.3 Å². The van der Waals surface area contributed by atoms with Gasteiger partial charge in [-0.15, -0.1) is 11.3 Å². The first-order chi connectivity index (χ1) is 10.1. The third-order valence-electron chi connectivity index (χ3n) is 3.96. The van der Waals surface area contributed by atoms with Crippen LogP contribution < -0.4 is 0 Å². The minimum atomic E-state index is -3.38. The Labute approximate surface area is 134 Å². The van der Waals surface area contributed by atoms with E-state index in [-0.39, 0.29) is 0 Å². The number of halogens is 1. The van der Waals surface area contributed by atoms with Crippen LogP contribution in [0.4, 0.5) is 0 Å². The molecule has 2 fully saturated rings. The molecule has 2 aliphatic heterocycles. The maximum absolute atomic E-state index is 12.5. The first-order valence-corrected chi connectivity index (χ1v) is 9.78. The number of sulfonamides is 1. The van der Waals surface area contributed by atoms with Gasteiger partial charge in [-0.2, -0.15) is 4.31 Å². The lowest BCUT2D eigenvalue weighted by molar-refractivity contribution is 0.0617. The summed E-state index contributed by atoms with van der Waals surface area (Å²) in [5.41, 5.74) is 0. The minimum absolute atomic E-state index is 0.323. The van der Waals surface area contributed by atoms with Crippen molar-refractivity contribution in [2.45, 2.75) is 23.2 Å². The van der Waals surface area contributed by atoms with Crippen molar-refractivity contribution in [2.24, 2.45) is 0 Å². The smallest absolute Gasteiger partial charge is 0.252 e. The standard InChI is InChI=1S/C13H19ClN2O3S2/c14-12-3-4-13(20-12)21(17,18)16-7-5-15(6-8-16)10-11-2-1-9-19-11/h3-4,11H,1-2,5-10H2. The molecule has 5 nitrogen and oxygen atoms in total. The SMILES string of the molecule is O=S(=O)(c1ccc(Cl)s1)N1CCN(CC2CCCO2)CC1. The van der Waals surface area contributed by atoms with Gasteiger partial charge in [0, 0.05) is 39.3 Å². The molecule has 2 aliphatic rings. The molecule has 118 valence electrons. The fourth-order valence-electron chi connectivity index (χ4n) is 2.79. The molecule has 3 heterocycles. The van der Waals surface area contributed by atoms with E-state index in [0.717, 1.165) is 50.4 Å². The zero-order valence-electron chi connectivity index (χ0n) is 11.7. The van der Waals surface area contributed by atoms with Crippen molar-refractivity contribution < 1.29 is 13.2 Å². The predicted octanol–water partition coefficient (Wildman–Crippen LogP) is 1.89. The normalized spacial score (nSPS) is 25.5. The van der Waals surface area contributed by atoms with Crippen molar-refractivity contribution >= 4 is 33.0 Å². The van der Waals surface area contributed by atoms with Gasteiger partial charge in [0.25, 0.3) is 10.0 Å². The van der Waals surface area contributed by atoms with Gasteiger partial charge in [-0.1, -0.05) is 11.6 Å². The van der Waals surface area contributed by atoms with Gasteiger partial charge >= 0.3 is 0 Å². The number of thiophene rings is 1. The molecule has 1 aromatic heterocycles. The van der Waals surface area contributed by atoms with Gasteiger partial charge in [-0.25, -0.2) is 8.42 Å². The fourth-order valence-corrected chi connectivity index (χ4v) is 5.85. The van der Waals surface area contributed by atoms with Gasteiger partial charge in [-0.05, 0) is 25.0 Å². The minimum Gasteiger partial charge on any atom is -0.377 e. The molecule has 0 N–H and O–H groups in total. The second kappa shape index (κ2) is 6.52. The Bertz CT molecular complexity index is 576. The van der Waals surface area contributed by atoms with Crippen molar-refractivity contribution in [2.75, 3.05) is 39.3 Å². The van der Waals surface area contributed by atoms with Crippen LogP contribution in [-0.4, -0.2) is 63.1 Å². The molecule has 2 saturated heterocycles. The van der Waals surface area contributed by atoms with Crippen LogP contribution in [0.1, 0.15) is 12.8 Å². The largest absolute Gasteiger partial charge is 0.377 e. The number of hydrogen-bond donors (Lipinski definition) is 0. The first-order valence-electron chi connectivity index (χ1n) is 7.15. The Morgan fingerprint density at radius 3 is 2.62 bits per heavy atom. The van der Waals surface area contributed by atoms with Gasteiger partial charge < -0.3 is 4.74 Å². The summed E-state index contributed by atoms with van der Waals surface area (Å²) in [5, 5.41) is 0. The van der Waals surface area contributed by atoms with Gasteiger partial charge in [-0.3, -0.25) is 4.90 Å². The number of ether oxygens (including phenoxy) is 1. The third kappa shape index (κ3) is 3.60. The molecule has 3 rings (SSSR count). The summed E-state index contributed by atoms with van der Waals surface area (Å²) in [4.78, 5) is 2.30. The topological polar surface area (TPSA) is 49.9 Å². The quantitative estimate of drug-likeness (QED) is 0.832. The summed E-state index contributed by atoms with van der Waals surface area (Å²) in [6.07, 6.45) is 2.58. The van der Waals surface area contributed by atoms with E-state index in [2.05, 4.69) is 4.90 Å². The predicted molar refractivity (Wildman–Crippen MR) is 83.5 cm³/mol. The van der Waals surface area contributed by atoms with Crippen LogP contribution in [0.15, 0.2) is 16.3 Å². The molecule has 21 heavy (non-hydrogen) atoms. The Hall–Kier alpha value is -0.180. The summed E-state index contributed by atoms with van der Waals surface area (Å²) in [6.45, 7) is 4.36. The molecule has 0 bridgehead atoms. The molecule has 1 unspecified atom stereocenters. The molecule has 8 heteroatoms. The molecule has 1 atom stereocenters. The van der Waals surface area contributed by atoms with Crippen LogP contribution in [0.25, 0.3) is 0 Å². The van der Waals surface area contributed by atoms with E-state index in [0.29, 0.717) is 27.7 Å². The molecule has 0 saturated carbocycles. The number of piperazine rings is 1. The first kappa shape index (κ1) is 15.7. The summed E-state index contributed by atoms with van der Waals surface area (Å²) in [5.74, 6) is 0. The van der Waals surface area contributed by atoms with Gasteiger partial charge in [0.05, 0.1) is 10.4 Å². The third-order valence-corrected chi connectivity index (χ3v) is 7.56. The van der Waals surface area contributed by atoms with E-state index in [9.17, 15) is 8.42 Å². The highest BCUT2D eigenvalue weighted by atomic mass is 35.5. The highest BCUT2D eigenvalue weighted by Crippen LogP contribution is 2.28. The molecular formula is C13H19ClN2O3S2. The van der Waals surface area contributed by atoms with Crippen LogP contribution in [0.5, 0.6) is 0 Å². The van der Waals surface area contributed by atoms with E-state index in [1.165, 1.54) is 0 Å². The van der Waals surface area contributed by atoms with E-state index < -0.39 is 10.0 Å². The average Bonchev–Trinajstić information content (AvgIpc) is 3.11. The zero-order valence-corrected chi connectivity index (χ0v) is 14.1. The summed E-state index contributed by atoms with van der Waals surface area (Å²) in [6, 6.07) is 3.22. The van der Waals surface area contributed by atoms with Crippen molar-refractivity contribution in [3.63, 3.8) is 0 Å². The lowest BCUT2D eigenvalue weighted by Gasteiger charge is -2.34.